The van der Waals surface area contributed by atoms with Crippen LogP contribution in [0, 0.1) is 0 Å². The number of nitrogens with one attached hydrogen (secondary N) is 1. The minimum absolute atomic E-state index is 0.461. The summed E-state index contributed by atoms with van der Waals surface area (Å²) in [6.07, 6.45) is 6.18. The Hall–Kier alpha value is -0.560. The van der Waals surface area contributed by atoms with Crippen LogP contribution in [0.15, 0.2) is 25.3 Å². The molecule has 10 heavy (non-hydrogen) atoms. The summed E-state index contributed by atoms with van der Waals surface area (Å²) in [5.41, 5.74) is 0. The van der Waals surface area contributed by atoms with Gasteiger partial charge in [-0.3, -0.25) is 0 Å². The first kappa shape index (κ1) is 9.44. The van der Waals surface area contributed by atoms with Crippen molar-refractivity contribution in [3.63, 3.8) is 0 Å². The highest BCUT2D eigenvalue weighted by atomic mass is 14.9. The minimum atomic E-state index is 0.461. The molecule has 1 nitrogen and oxygen atoms in total. The molecule has 58 valence electrons. The van der Waals surface area contributed by atoms with Crippen molar-refractivity contribution in [2.75, 3.05) is 6.54 Å². The Kier molecular flexibility index (Phi) is 6.19. The van der Waals surface area contributed by atoms with Gasteiger partial charge in [0.1, 0.15) is 0 Å². The second-order valence-electron chi connectivity index (χ2n) is 2.33. The third-order valence-electron chi connectivity index (χ3n) is 1.41. The van der Waals surface area contributed by atoms with Crippen LogP contribution in [-0.4, -0.2) is 12.6 Å². The molecule has 0 unspecified atom stereocenters. The fourth-order valence-corrected chi connectivity index (χ4v) is 0.849. The molecule has 0 aliphatic rings. The third kappa shape index (κ3) is 4.33. The molecule has 1 heteroatoms. The normalized spacial score (nSPS) is 12.5. The molecule has 0 aromatic rings. The van der Waals surface area contributed by atoms with E-state index in [2.05, 4.69) is 25.4 Å². The largest absolute Gasteiger partial charge is 0.307 e. The van der Waals surface area contributed by atoms with Crippen LogP contribution >= 0.6 is 0 Å². The third-order valence-corrected chi connectivity index (χ3v) is 1.41. The molecule has 0 saturated carbocycles. The lowest BCUT2D eigenvalue weighted by Crippen LogP contribution is -2.26. The monoisotopic (exact) mass is 139 g/mol. The summed E-state index contributed by atoms with van der Waals surface area (Å²) in [7, 11) is 0. The Labute approximate surface area is 63.8 Å². The van der Waals surface area contributed by atoms with Crippen molar-refractivity contribution in [2.24, 2.45) is 0 Å². The molecular weight excluding hydrogens is 122 g/mol. The molecule has 1 N–H and O–H groups in total. The van der Waals surface area contributed by atoms with E-state index in [1.807, 2.05) is 12.2 Å². The van der Waals surface area contributed by atoms with E-state index in [4.69, 9.17) is 0 Å². The molecule has 0 fully saturated rings. The molecule has 1 atom stereocenters. The zero-order chi connectivity index (χ0) is 7.82. The summed E-state index contributed by atoms with van der Waals surface area (Å²) in [6, 6.07) is 0.461. The zero-order valence-electron chi connectivity index (χ0n) is 6.77. The van der Waals surface area contributed by atoms with Gasteiger partial charge in [0.05, 0.1) is 0 Å². The molecule has 0 bridgehead atoms. The maximum absolute atomic E-state index is 3.74. The lowest BCUT2D eigenvalue weighted by Gasteiger charge is -2.10. The summed E-state index contributed by atoms with van der Waals surface area (Å²) in [5, 5.41) is 3.28. The van der Waals surface area contributed by atoms with E-state index in [1.165, 1.54) is 6.42 Å². The van der Waals surface area contributed by atoms with Gasteiger partial charge in [0.25, 0.3) is 0 Å². The second-order valence-corrected chi connectivity index (χ2v) is 2.33. The Morgan fingerprint density at radius 3 is 2.60 bits per heavy atom. The van der Waals surface area contributed by atoms with Crippen LogP contribution in [0.2, 0.25) is 0 Å². The van der Waals surface area contributed by atoms with Crippen molar-refractivity contribution in [1.82, 2.24) is 5.32 Å². The molecule has 0 aliphatic carbocycles. The Morgan fingerprint density at radius 1 is 1.50 bits per heavy atom. The number of hydrogen-bond donors (Lipinski definition) is 1. The summed E-state index contributed by atoms with van der Waals surface area (Å²) in [5.74, 6) is 0. The molecule has 0 radical (unpaired) electrons. The maximum atomic E-state index is 3.74. The van der Waals surface area contributed by atoms with Crippen molar-refractivity contribution in [1.29, 1.82) is 0 Å². The van der Waals surface area contributed by atoms with Crippen LogP contribution in [0.5, 0.6) is 0 Å². The molecule has 0 amide bonds. The average Bonchev–Trinajstić information content (AvgIpc) is 1.98. The lowest BCUT2D eigenvalue weighted by atomic mass is 10.2. The minimum Gasteiger partial charge on any atom is -0.307 e. The Morgan fingerprint density at radius 2 is 2.20 bits per heavy atom. The van der Waals surface area contributed by atoms with Crippen molar-refractivity contribution >= 4 is 0 Å². The van der Waals surface area contributed by atoms with E-state index < -0.39 is 0 Å². The molecule has 0 aliphatic heterocycles. The van der Waals surface area contributed by atoms with Crippen molar-refractivity contribution in [2.45, 2.75) is 25.8 Å². The predicted molar refractivity (Wildman–Crippen MR) is 47.1 cm³/mol. The van der Waals surface area contributed by atoms with E-state index in [0.29, 0.717) is 6.04 Å². The highest BCUT2D eigenvalue weighted by Crippen LogP contribution is 1.95. The standard InChI is InChI=1S/C9H17N/c1-4-7-9(6-3)10-8-5-2/h5-6,9-10H,2-4,7-8H2,1H3/t9-/m1/s1. The first-order valence-corrected chi connectivity index (χ1v) is 3.82. The topological polar surface area (TPSA) is 12.0 Å². The molecule has 0 heterocycles. The molecule has 0 aromatic heterocycles. The predicted octanol–water partition coefficient (Wildman–Crippen LogP) is 2.12. The molecule has 0 rings (SSSR count). The van der Waals surface area contributed by atoms with E-state index in [-0.39, 0.29) is 0 Å². The van der Waals surface area contributed by atoms with E-state index in [9.17, 15) is 0 Å². The highest BCUT2D eigenvalue weighted by molar-refractivity contribution is 4.87. The van der Waals surface area contributed by atoms with Crippen LogP contribution in [0.4, 0.5) is 0 Å². The molecular formula is C9H17N. The summed E-state index contributed by atoms with van der Waals surface area (Å²) in [6.45, 7) is 10.4. The van der Waals surface area contributed by atoms with Crippen molar-refractivity contribution in [3.05, 3.63) is 25.3 Å². The Balaban J connectivity index is 3.38. The van der Waals surface area contributed by atoms with Gasteiger partial charge < -0.3 is 5.32 Å². The fourth-order valence-electron chi connectivity index (χ4n) is 0.849. The SMILES string of the molecule is C=CCN[C@H](C=C)CCC. The van der Waals surface area contributed by atoms with Crippen LogP contribution in [-0.2, 0) is 0 Å². The van der Waals surface area contributed by atoms with Gasteiger partial charge in [-0.25, -0.2) is 0 Å². The quantitative estimate of drug-likeness (QED) is 0.556. The first-order valence-electron chi connectivity index (χ1n) is 3.82. The van der Waals surface area contributed by atoms with Crippen molar-refractivity contribution < 1.29 is 0 Å². The average molecular weight is 139 g/mol. The van der Waals surface area contributed by atoms with E-state index in [0.717, 1.165) is 13.0 Å². The van der Waals surface area contributed by atoms with Gasteiger partial charge in [0, 0.05) is 12.6 Å². The lowest BCUT2D eigenvalue weighted by molar-refractivity contribution is 0.582. The highest BCUT2D eigenvalue weighted by Gasteiger charge is 1.97. The van der Waals surface area contributed by atoms with Crippen molar-refractivity contribution in [3.8, 4) is 0 Å². The van der Waals surface area contributed by atoms with Gasteiger partial charge in [-0.1, -0.05) is 25.5 Å². The van der Waals surface area contributed by atoms with Gasteiger partial charge in [-0.05, 0) is 6.42 Å². The van der Waals surface area contributed by atoms with Crippen LogP contribution in [0.1, 0.15) is 19.8 Å². The maximum Gasteiger partial charge on any atom is 0.0250 e. The van der Waals surface area contributed by atoms with Gasteiger partial charge in [0.15, 0.2) is 0 Å². The second kappa shape index (κ2) is 6.56. The summed E-state index contributed by atoms with van der Waals surface area (Å²) < 4.78 is 0. The van der Waals surface area contributed by atoms with E-state index in [1.54, 1.807) is 0 Å². The van der Waals surface area contributed by atoms with Gasteiger partial charge in [-0.15, -0.1) is 13.2 Å². The molecule has 0 spiro atoms. The number of hydrogen-bond acceptors (Lipinski definition) is 1. The van der Waals surface area contributed by atoms with Gasteiger partial charge in [-0.2, -0.15) is 0 Å². The van der Waals surface area contributed by atoms with Gasteiger partial charge in [0.2, 0.25) is 0 Å². The fraction of sp³-hybridized carbons (Fsp3) is 0.556. The van der Waals surface area contributed by atoms with E-state index >= 15 is 0 Å². The smallest absolute Gasteiger partial charge is 0.0250 e. The first-order chi connectivity index (χ1) is 4.85. The Bertz CT molecular complexity index is 96.9. The van der Waals surface area contributed by atoms with Gasteiger partial charge >= 0.3 is 0 Å². The van der Waals surface area contributed by atoms with Crippen LogP contribution in [0.3, 0.4) is 0 Å². The van der Waals surface area contributed by atoms with Crippen LogP contribution in [0.25, 0.3) is 0 Å². The summed E-state index contributed by atoms with van der Waals surface area (Å²) >= 11 is 0. The van der Waals surface area contributed by atoms with Crippen LogP contribution < -0.4 is 5.32 Å². The zero-order valence-corrected chi connectivity index (χ0v) is 6.77. The molecule has 0 aromatic carbocycles. The number of rotatable bonds is 6. The summed E-state index contributed by atoms with van der Waals surface area (Å²) in [4.78, 5) is 0. The molecule has 0 saturated heterocycles.